The van der Waals surface area contributed by atoms with Crippen LogP contribution in [-0.2, 0) is 4.79 Å². The molecule has 0 unspecified atom stereocenters. The molecule has 0 saturated heterocycles. The lowest BCUT2D eigenvalue weighted by Gasteiger charge is -2.36. The molecule has 5 heteroatoms. The van der Waals surface area contributed by atoms with E-state index in [2.05, 4.69) is 23.5 Å². The third-order valence-electron chi connectivity index (χ3n) is 3.12. The number of nitrogens with one attached hydrogen (secondary N) is 1. The zero-order chi connectivity index (χ0) is 15.9. The Bertz CT molecular complexity index is 524. The molecule has 0 fully saturated rings. The van der Waals surface area contributed by atoms with E-state index in [9.17, 15) is 9.59 Å². The van der Waals surface area contributed by atoms with Crippen molar-refractivity contribution in [2.45, 2.75) is 19.4 Å². The number of rotatable bonds is 7. The van der Waals surface area contributed by atoms with Gasteiger partial charge in [-0.15, -0.1) is 13.2 Å². The van der Waals surface area contributed by atoms with Crippen molar-refractivity contribution < 1.29 is 9.59 Å². The minimum absolute atomic E-state index is 0.240. The summed E-state index contributed by atoms with van der Waals surface area (Å²) >= 11 is 0. The summed E-state index contributed by atoms with van der Waals surface area (Å²) in [5, 5.41) is 2.72. The molecule has 1 aromatic heterocycles. The van der Waals surface area contributed by atoms with Gasteiger partial charge in [-0.3, -0.25) is 14.6 Å². The second kappa shape index (κ2) is 7.38. The molecule has 0 spiro atoms. The van der Waals surface area contributed by atoms with E-state index < -0.39 is 5.54 Å². The molecule has 0 atom stereocenters. The molecule has 0 aliphatic heterocycles. The monoisotopic (exact) mass is 287 g/mol. The highest BCUT2D eigenvalue weighted by molar-refractivity contribution is 5.99. The van der Waals surface area contributed by atoms with Gasteiger partial charge < -0.3 is 10.2 Å². The first kappa shape index (κ1) is 16.6. The number of aromatic nitrogens is 1. The summed E-state index contributed by atoms with van der Waals surface area (Å²) < 4.78 is 0. The van der Waals surface area contributed by atoms with E-state index in [1.54, 1.807) is 50.5 Å². The number of carbonyl (C=O) groups excluding carboxylic acids is 2. The van der Waals surface area contributed by atoms with Crippen molar-refractivity contribution in [3.05, 3.63) is 55.4 Å². The highest BCUT2D eigenvalue weighted by atomic mass is 16.2. The Kier molecular flexibility index (Phi) is 5.84. The Morgan fingerprint density at radius 1 is 1.29 bits per heavy atom. The molecule has 0 saturated carbocycles. The molecule has 112 valence electrons. The van der Waals surface area contributed by atoms with Gasteiger partial charge in [0, 0.05) is 31.0 Å². The lowest BCUT2D eigenvalue weighted by Crippen LogP contribution is -2.57. The van der Waals surface area contributed by atoms with E-state index in [1.165, 1.54) is 4.90 Å². The second-order valence-corrected chi connectivity index (χ2v) is 5.00. The quantitative estimate of drug-likeness (QED) is 0.778. The van der Waals surface area contributed by atoms with Crippen molar-refractivity contribution in [2.24, 2.45) is 0 Å². The van der Waals surface area contributed by atoms with Crippen LogP contribution in [0, 0.1) is 0 Å². The molecular weight excluding hydrogens is 266 g/mol. The fourth-order valence-electron chi connectivity index (χ4n) is 1.85. The molecular formula is C16H21N3O2. The standard InChI is InChI=1S/C16H21N3O2/c1-5-9-18-15(21)16(3,4)19(12-6-2)14(20)13-7-10-17-11-8-13/h5-8,10-11H,1-2,9,12H2,3-4H3,(H,18,21). The van der Waals surface area contributed by atoms with Crippen LogP contribution in [0.3, 0.4) is 0 Å². The van der Waals surface area contributed by atoms with Crippen LogP contribution in [0.1, 0.15) is 24.2 Å². The fourth-order valence-corrected chi connectivity index (χ4v) is 1.85. The summed E-state index contributed by atoms with van der Waals surface area (Å²) in [6.45, 7) is 11.3. The van der Waals surface area contributed by atoms with Crippen LogP contribution < -0.4 is 5.32 Å². The van der Waals surface area contributed by atoms with Crippen molar-refractivity contribution in [3.63, 3.8) is 0 Å². The Hall–Kier alpha value is -2.43. The number of pyridine rings is 1. The van der Waals surface area contributed by atoms with Crippen molar-refractivity contribution in [1.82, 2.24) is 15.2 Å². The predicted octanol–water partition coefficient (Wildman–Crippen LogP) is 1.79. The third kappa shape index (κ3) is 4.02. The van der Waals surface area contributed by atoms with E-state index >= 15 is 0 Å². The molecule has 0 aliphatic carbocycles. The van der Waals surface area contributed by atoms with Gasteiger partial charge >= 0.3 is 0 Å². The van der Waals surface area contributed by atoms with E-state index in [0.717, 1.165) is 0 Å². The minimum Gasteiger partial charge on any atom is -0.351 e. The molecule has 2 amide bonds. The van der Waals surface area contributed by atoms with Gasteiger partial charge in [-0.1, -0.05) is 12.2 Å². The van der Waals surface area contributed by atoms with Crippen LogP contribution in [0.4, 0.5) is 0 Å². The molecule has 0 aromatic carbocycles. The SMILES string of the molecule is C=CCNC(=O)C(C)(C)N(CC=C)C(=O)c1ccncc1. The second-order valence-electron chi connectivity index (χ2n) is 5.00. The Morgan fingerprint density at radius 3 is 2.43 bits per heavy atom. The van der Waals surface area contributed by atoms with Gasteiger partial charge in [0.2, 0.25) is 5.91 Å². The van der Waals surface area contributed by atoms with Crippen LogP contribution in [-0.4, -0.2) is 40.3 Å². The van der Waals surface area contributed by atoms with Crippen LogP contribution in [0.5, 0.6) is 0 Å². The number of nitrogens with zero attached hydrogens (tertiary/aromatic N) is 2. The molecule has 0 bridgehead atoms. The van der Waals surface area contributed by atoms with Gasteiger partial charge in [0.05, 0.1) is 0 Å². The number of amides is 2. The highest BCUT2D eigenvalue weighted by Crippen LogP contribution is 2.18. The average Bonchev–Trinajstić information content (AvgIpc) is 2.50. The van der Waals surface area contributed by atoms with E-state index in [0.29, 0.717) is 12.1 Å². The zero-order valence-electron chi connectivity index (χ0n) is 12.5. The smallest absolute Gasteiger partial charge is 0.255 e. The molecule has 5 nitrogen and oxygen atoms in total. The van der Waals surface area contributed by atoms with Crippen LogP contribution in [0.15, 0.2) is 49.8 Å². The maximum atomic E-state index is 12.6. The summed E-state index contributed by atoms with van der Waals surface area (Å²) in [6, 6.07) is 3.24. The molecule has 21 heavy (non-hydrogen) atoms. The van der Waals surface area contributed by atoms with Crippen LogP contribution >= 0.6 is 0 Å². The normalized spacial score (nSPS) is 10.6. The molecule has 1 heterocycles. The lowest BCUT2D eigenvalue weighted by atomic mass is 9.99. The summed E-state index contributed by atoms with van der Waals surface area (Å²) in [4.78, 5) is 30.3. The Balaban J connectivity index is 3.04. The number of hydrogen-bond donors (Lipinski definition) is 1. The minimum atomic E-state index is -1.00. The van der Waals surface area contributed by atoms with Crippen molar-refractivity contribution in [2.75, 3.05) is 13.1 Å². The molecule has 0 aliphatic rings. The first-order valence-corrected chi connectivity index (χ1v) is 6.67. The zero-order valence-corrected chi connectivity index (χ0v) is 12.5. The first-order valence-electron chi connectivity index (χ1n) is 6.67. The third-order valence-corrected chi connectivity index (χ3v) is 3.12. The number of hydrogen-bond acceptors (Lipinski definition) is 3. The Morgan fingerprint density at radius 2 is 1.90 bits per heavy atom. The maximum Gasteiger partial charge on any atom is 0.255 e. The predicted molar refractivity (Wildman–Crippen MR) is 82.8 cm³/mol. The fraction of sp³-hybridized carbons (Fsp3) is 0.312. The van der Waals surface area contributed by atoms with E-state index in [1.807, 2.05) is 0 Å². The number of carbonyl (C=O) groups is 2. The van der Waals surface area contributed by atoms with Gasteiger partial charge in [0.25, 0.3) is 5.91 Å². The first-order chi connectivity index (χ1) is 9.95. The van der Waals surface area contributed by atoms with Crippen LogP contribution in [0.2, 0.25) is 0 Å². The van der Waals surface area contributed by atoms with E-state index in [-0.39, 0.29) is 18.4 Å². The van der Waals surface area contributed by atoms with E-state index in [4.69, 9.17) is 0 Å². The Labute approximate surface area is 125 Å². The van der Waals surface area contributed by atoms with Gasteiger partial charge in [0.1, 0.15) is 5.54 Å². The lowest BCUT2D eigenvalue weighted by molar-refractivity contribution is -0.129. The van der Waals surface area contributed by atoms with Crippen molar-refractivity contribution in [1.29, 1.82) is 0 Å². The van der Waals surface area contributed by atoms with Gasteiger partial charge in [-0.25, -0.2) is 0 Å². The summed E-state index contributed by atoms with van der Waals surface area (Å²) in [5.74, 6) is -0.484. The summed E-state index contributed by atoms with van der Waals surface area (Å²) in [7, 11) is 0. The topological polar surface area (TPSA) is 62.3 Å². The van der Waals surface area contributed by atoms with Gasteiger partial charge in [0.15, 0.2) is 0 Å². The van der Waals surface area contributed by atoms with Crippen LogP contribution in [0.25, 0.3) is 0 Å². The van der Waals surface area contributed by atoms with Gasteiger partial charge in [-0.05, 0) is 26.0 Å². The van der Waals surface area contributed by atoms with Crippen molar-refractivity contribution in [3.8, 4) is 0 Å². The molecule has 0 radical (unpaired) electrons. The maximum absolute atomic E-state index is 12.6. The summed E-state index contributed by atoms with van der Waals surface area (Å²) in [5.41, 5.74) is -0.520. The van der Waals surface area contributed by atoms with Gasteiger partial charge in [-0.2, -0.15) is 0 Å². The molecule has 1 rings (SSSR count). The largest absolute Gasteiger partial charge is 0.351 e. The average molecular weight is 287 g/mol. The molecule has 1 N–H and O–H groups in total. The highest BCUT2D eigenvalue weighted by Gasteiger charge is 2.37. The molecule has 1 aromatic rings. The summed E-state index contributed by atoms with van der Waals surface area (Å²) in [6.07, 6.45) is 6.28. The van der Waals surface area contributed by atoms with Crippen molar-refractivity contribution >= 4 is 11.8 Å².